The highest BCUT2D eigenvalue weighted by Crippen LogP contribution is 2.36. The van der Waals surface area contributed by atoms with E-state index >= 15 is 0 Å². The zero-order valence-corrected chi connectivity index (χ0v) is 19.9. The number of carbonyl (C=O) groups excluding carboxylic acids is 2. The van der Waals surface area contributed by atoms with Crippen LogP contribution in [0.15, 0.2) is 60.7 Å². The molecule has 0 saturated carbocycles. The minimum absolute atomic E-state index is 0.154. The Morgan fingerprint density at radius 1 is 0.974 bits per heavy atom. The first-order valence-corrected chi connectivity index (χ1v) is 11.8. The number of rotatable bonds is 5. The van der Waals surface area contributed by atoms with E-state index in [-0.39, 0.29) is 11.3 Å². The van der Waals surface area contributed by atoms with Crippen LogP contribution in [0.25, 0.3) is 22.6 Å². The lowest BCUT2D eigenvalue weighted by molar-refractivity contribution is -0.119. The number of carbonyl (C=O) groups is 2. The molecule has 6 nitrogen and oxygen atoms in total. The smallest absolute Gasteiger partial charge is 0.339 e. The highest BCUT2D eigenvalue weighted by atomic mass is 19.2. The van der Waals surface area contributed by atoms with E-state index in [4.69, 9.17) is 9.72 Å². The molecule has 5 rings (SSSR count). The standard InChI is InChI=1S/C29H21F3N2O4/c30-21-12-13-23(27(32)26(21)31)33-24(36)15-38-29(37)25-19-5-1-2-7-22(19)34-28-17(4-3-6-20(25)28)14-16-8-10-18(35)11-9-16/h1-2,5,7-14,35H,3-4,6,15H2,(H,33,36)/b17-14+. The van der Waals surface area contributed by atoms with Gasteiger partial charge in [0.05, 0.1) is 22.5 Å². The maximum absolute atomic E-state index is 13.9. The van der Waals surface area contributed by atoms with Gasteiger partial charge in [0.15, 0.2) is 24.1 Å². The third-order valence-corrected chi connectivity index (χ3v) is 6.25. The summed E-state index contributed by atoms with van der Waals surface area (Å²) < 4.78 is 45.8. The van der Waals surface area contributed by atoms with E-state index in [9.17, 15) is 27.9 Å². The molecule has 0 aliphatic heterocycles. The average Bonchev–Trinajstić information content (AvgIpc) is 2.92. The molecule has 1 amide bonds. The van der Waals surface area contributed by atoms with Crippen molar-refractivity contribution in [1.82, 2.24) is 4.98 Å². The van der Waals surface area contributed by atoms with Gasteiger partial charge in [-0.05, 0) is 72.4 Å². The number of allylic oxidation sites excluding steroid dienone is 1. The Hall–Kier alpha value is -4.66. The minimum Gasteiger partial charge on any atom is -0.508 e. The average molecular weight is 518 g/mol. The molecule has 9 heteroatoms. The molecule has 1 aromatic heterocycles. The number of hydrogen-bond acceptors (Lipinski definition) is 5. The normalized spacial score (nSPS) is 13.8. The number of fused-ring (bicyclic) bond motifs is 2. The fraction of sp³-hybridized carbons (Fsp3) is 0.138. The van der Waals surface area contributed by atoms with Gasteiger partial charge >= 0.3 is 5.97 Å². The Morgan fingerprint density at radius 3 is 2.53 bits per heavy atom. The van der Waals surface area contributed by atoms with Crippen molar-refractivity contribution in [2.24, 2.45) is 0 Å². The van der Waals surface area contributed by atoms with Crippen LogP contribution in [0.1, 0.15) is 40.0 Å². The summed E-state index contributed by atoms with van der Waals surface area (Å²) >= 11 is 0. The van der Waals surface area contributed by atoms with E-state index in [1.54, 1.807) is 48.5 Å². The number of pyridine rings is 1. The van der Waals surface area contributed by atoms with Crippen molar-refractivity contribution in [3.63, 3.8) is 0 Å². The lowest BCUT2D eigenvalue weighted by Crippen LogP contribution is -2.23. The molecular weight excluding hydrogens is 497 g/mol. The van der Waals surface area contributed by atoms with Gasteiger partial charge in [-0.2, -0.15) is 0 Å². The van der Waals surface area contributed by atoms with Gasteiger partial charge in [0.2, 0.25) is 0 Å². The van der Waals surface area contributed by atoms with Crippen LogP contribution in [0.3, 0.4) is 0 Å². The van der Waals surface area contributed by atoms with Crippen LogP contribution >= 0.6 is 0 Å². The van der Waals surface area contributed by atoms with Crippen molar-refractivity contribution >= 4 is 40.1 Å². The molecule has 0 saturated heterocycles. The van der Waals surface area contributed by atoms with Crippen molar-refractivity contribution in [2.75, 3.05) is 11.9 Å². The quantitative estimate of drug-likeness (QED) is 0.249. The number of phenolic OH excluding ortho intramolecular Hbond substituents is 1. The number of hydrogen-bond donors (Lipinski definition) is 2. The predicted molar refractivity (Wildman–Crippen MR) is 136 cm³/mol. The number of benzene rings is 3. The molecule has 0 atom stereocenters. The van der Waals surface area contributed by atoms with E-state index in [1.165, 1.54) is 0 Å². The van der Waals surface area contributed by atoms with Gasteiger partial charge in [-0.25, -0.2) is 22.9 Å². The zero-order valence-electron chi connectivity index (χ0n) is 19.9. The summed E-state index contributed by atoms with van der Waals surface area (Å²) in [5.74, 6) is -6.17. The topological polar surface area (TPSA) is 88.5 Å². The number of aromatic hydroxyl groups is 1. The molecule has 192 valence electrons. The number of halogens is 3. The predicted octanol–water partition coefficient (Wildman–Crippen LogP) is 6.03. The summed E-state index contributed by atoms with van der Waals surface area (Å²) in [6, 6.07) is 15.4. The molecular formula is C29H21F3N2O4. The number of phenols is 1. The summed E-state index contributed by atoms with van der Waals surface area (Å²) in [4.78, 5) is 30.4. The van der Waals surface area contributed by atoms with Gasteiger partial charge in [0.1, 0.15) is 5.75 Å². The first-order chi connectivity index (χ1) is 18.3. The summed E-state index contributed by atoms with van der Waals surface area (Å²) in [5.41, 5.74) is 3.42. The molecule has 4 aromatic rings. The molecule has 0 spiro atoms. The van der Waals surface area contributed by atoms with Gasteiger partial charge in [-0.15, -0.1) is 0 Å². The van der Waals surface area contributed by atoms with Gasteiger partial charge in [-0.3, -0.25) is 4.79 Å². The maximum Gasteiger partial charge on any atom is 0.339 e. The SMILES string of the molecule is O=C(COC(=O)c1c2c(nc3ccccc13)/C(=C/c1ccc(O)cc1)CCC2)Nc1ccc(F)c(F)c1F. The van der Waals surface area contributed by atoms with Crippen molar-refractivity contribution in [2.45, 2.75) is 19.3 Å². The van der Waals surface area contributed by atoms with E-state index in [0.717, 1.165) is 30.0 Å². The van der Waals surface area contributed by atoms with Crippen LogP contribution in [0.5, 0.6) is 5.75 Å². The van der Waals surface area contributed by atoms with Crippen molar-refractivity contribution < 1.29 is 32.6 Å². The van der Waals surface area contributed by atoms with Gasteiger partial charge in [0.25, 0.3) is 5.91 Å². The second kappa shape index (κ2) is 10.4. The van der Waals surface area contributed by atoms with Crippen LogP contribution in [0.4, 0.5) is 18.9 Å². The van der Waals surface area contributed by atoms with E-state index in [1.807, 2.05) is 6.08 Å². The zero-order chi connectivity index (χ0) is 26.8. The first kappa shape index (κ1) is 25.0. The van der Waals surface area contributed by atoms with E-state index in [0.29, 0.717) is 34.6 Å². The Bertz CT molecular complexity index is 1600. The highest BCUT2D eigenvalue weighted by molar-refractivity contribution is 6.07. The number of amides is 1. The molecule has 38 heavy (non-hydrogen) atoms. The molecule has 0 radical (unpaired) electrons. The minimum atomic E-state index is -1.72. The number of nitrogens with one attached hydrogen (secondary N) is 1. The maximum atomic E-state index is 13.9. The number of ether oxygens (including phenoxy) is 1. The van der Waals surface area contributed by atoms with Crippen LogP contribution in [0.2, 0.25) is 0 Å². The molecule has 1 heterocycles. The number of para-hydroxylation sites is 1. The fourth-order valence-electron chi connectivity index (χ4n) is 4.49. The second-order valence-electron chi connectivity index (χ2n) is 8.79. The van der Waals surface area contributed by atoms with E-state index < -0.39 is 41.6 Å². The fourth-order valence-corrected chi connectivity index (χ4v) is 4.49. The Kier molecular flexibility index (Phi) is 6.83. The molecule has 1 aliphatic carbocycles. The number of anilines is 1. The van der Waals surface area contributed by atoms with Crippen molar-refractivity contribution in [3.05, 3.63) is 100 Å². The Balaban J connectivity index is 1.44. The molecule has 0 unspecified atom stereocenters. The molecule has 0 fully saturated rings. The summed E-state index contributed by atoms with van der Waals surface area (Å²) in [6.07, 6.45) is 4.01. The third-order valence-electron chi connectivity index (χ3n) is 6.25. The summed E-state index contributed by atoms with van der Waals surface area (Å²) in [6.45, 7) is -0.765. The first-order valence-electron chi connectivity index (χ1n) is 11.8. The Morgan fingerprint density at radius 2 is 1.74 bits per heavy atom. The monoisotopic (exact) mass is 518 g/mol. The number of esters is 1. The van der Waals surface area contributed by atoms with Crippen molar-refractivity contribution in [3.8, 4) is 5.75 Å². The molecule has 0 bridgehead atoms. The second-order valence-corrected chi connectivity index (χ2v) is 8.79. The number of nitrogens with zero attached hydrogens (tertiary/aromatic N) is 1. The Labute approximate surface area is 215 Å². The summed E-state index contributed by atoms with van der Waals surface area (Å²) in [5, 5.41) is 12.2. The van der Waals surface area contributed by atoms with Crippen molar-refractivity contribution in [1.29, 1.82) is 0 Å². The van der Waals surface area contributed by atoms with Crippen LogP contribution < -0.4 is 5.32 Å². The third kappa shape index (κ3) is 4.95. The van der Waals surface area contributed by atoms with Gasteiger partial charge in [-0.1, -0.05) is 30.3 Å². The summed E-state index contributed by atoms with van der Waals surface area (Å²) in [7, 11) is 0. The largest absolute Gasteiger partial charge is 0.508 e. The van der Waals surface area contributed by atoms with E-state index in [2.05, 4.69) is 5.32 Å². The molecule has 3 aromatic carbocycles. The molecule has 1 aliphatic rings. The van der Waals surface area contributed by atoms with Crippen LogP contribution in [0, 0.1) is 17.5 Å². The van der Waals surface area contributed by atoms with Gasteiger partial charge < -0.3 is 15.2 Å². The molecule has 2 N–H and O–H groups in total. The van der Waals surface area contributed by atoms with Gasteiger partial charge in [0, 0.05) is 5.39 Å². The number of aromatic nitrogens is 1. The lowest BCUT2D eigenvalue weighted by Gasteiger charge is -2.22. The van der Waals surface area contributed by atoms with Crippen LogP contribution in [-0.4, -0.2) is 28.6 Å². The highest BCUT2D eigenvalue weighted by Gasteiger charge is 2.26. The van der Waals surface area contributed by atoms with Crippen LogP contribution in [-0.2, 0) is 16.0 Å². The lowest BCUT2D eigenvalue weighted by atomic mass is 9.86.